The molecule has 0 aromatic heterocycles. The number of carbonyl (C=O) groups excluding carboxylic acids is 2. The molecule has 1 aromatic carbocycles. The number of benzene rings is 1. The van der Waals surface area contributed by atoms with Gasteiger partial charge >= 0.3 is 0 Å². The second-order valence-corrected chi connectivity index (χ2v) is 3.98. The van der Waals surface area contributed by atoms with Crippen LogP contribution < -0.4 is 20.1 Å². The molecule has 0 fully saturated rings. The van der Waals surface area contributed by atoms with Gasteiger partial charge in [0.1, 0.15) is 23.5 Å². The summed E-state index contributed by atoms with van der Waals surface area (Å²) in [7, 11) is 2.93. The van der Waals surface area contributed by atoms with E-state index in [1.165, 1.54) is 14.2 Å². The highest BCUT2D eigenvalue weighted by Gasteiger charge is 2.17. The van der Waals surface area contributed by atoms with Gasteiger partial charge in [0.25, 0.3) is 5.91 Å². The molecule has 0 bridgehead atoms. The lowest BCUT2D eigenvalue weighted by Gasteiger charge is -2.13. The second kappa shape index (κ2) is 8.43. The van der Waals surface area contributed by atoms with Crippen LogP contribution in [0.25, 0.3) is 0 Å². The topological polar surface area (TPSA) is 100 Å². The van der Waals surface area contributed by atoms with Crippen LogP contribution in [0.4, 0.5) is 0 Å². The van der Waals surface area contributed by atoms with Gasteiger partial charge in [-0.25, -0.2) is 0 Å². The zero-order valence-electron chi connectivity index (χ0n) is 11.9. The molecule has 0 saturated carbocycles. The van der Waals surface area contributed by atoms with Crippen LogP contribution in [0.2, 0.25) is 0 Å². The maximum absolute atomic E-state index is 12.1. The molecular weight excluding hydrogens is 274 g/mol. The molecule has 0 spiro atoms. The minimum atomic E-state index is -0.373. The predicted octanol–water partition coefficient (Wildman–Crippen LogP) is 0.463. The van der Waals surface area contributed by atoms with Gasteiger partial charge in [-0.05, 0) is 12.1 Å². The van der Waals surface area contributed by atoms with Gasteiger partial charge in [-0.2, -0.15) is 5.26 Å². The number of nitrogens with one attached hydrogen (secondary N) is 2. The number of hydrogen-bond acceptors (Lipinski definition) is 5. The monoisotopic (exact) mass is 291 g/mol. The van der Waals surface area contributed by atoms with Crippen molar-refractivity contribution in [3.63, 3.8) is 0 Å². The van der Waals surface area contributed by atoms with E-state index in [4.69, 9.17) is 14.7 Å². The largest absolute Gasteiger partial charge is 0.496 e. The molecule has 2 N–H and O–H groups in total. The fourth-order valence-electron chi connectivity index (χ4n) is 1.68. The molecule has 0 heterocycles. The van der Waals surface area contributed by atoms with Crippen molar-refractivity contribution in [3.8, 4) is 17.6 Å². The highest BCUT2D eigenvalue weighted by Crippen LogP contribution is 2.27. The molecule has 7 heteroatoms. The van der Waals surface area contributed by atoms with E-state index in [1.54, 1.807) is 24.3 Å². The van der Waals surface area contributed by atoms with Crippen molar-refractivity contribution in [2.45, 2.75) is 6.42 Å². The van der Waals surface area contributed by atoms with Crippen molar-refractivity contribution >= 4 is 11.8 Å². The van der Waals surface area contributed by atoms with E-state index in [9.17, 15) is 9.59 Å². The summed E-state index contributed by atoms with van der Waals surface area (Å²) >= 11 is 0. The van der Waals surface area contributed by atoms with Gasteiger partial charge in [0.15, 0.2) is 0 Å². The summed E-state index contributed by atoms with van der Waals surface area (Å²) in [6, 6.07) is 6.78. The van der Waals surface area contributed by atoms with Crippen LogP contribution in [-0.4, -0.2) is 39.1 Å². The fraction of sp³-hybridized carbons (Fsp3) is 0.357. The number of ether oxygens (including phenoxy) is 2. The lowest BCUT2D eigenvalue weighted by Crippen LogP contribution is -2.34. The van der Waals surface area contributed by atoms with E-state index in [2.05, 4.69) is 10.6 Å². The maximum atomic E-state index is 12.1. The Bertz CT molecular complexity index is 529. The van der Waals surface area contributed by atoms with Crippen LogP contribution >= 0.6 is 0 Å². The first-order valence-corrected chi connectivity index (χ1v) is 6.26. The Labute approximate surface area is 122 Å². The number of methoxy groups -OCH3 is 2. The van der Waals surface area contributed by atoms with E-state index < -0.39 is 0 Å². The fourth-order valence-corrected chi connectivity index (χ4v) is 1.68. The highest BCUT2D eigenvalue weighted by atomic mass is 16.5. The van der Waals surface area contributed by atoms with Crippen LogP contribution in [-0.2, 0) is 4.79 Å². The van der Waals surface area contributed by atoms with Crippen LogP contribution in [0.3, 0.4) is 0 Å². The SMILES string of the molecule is COc1cccc(OC)c1C(=O)NCCNC(=O)CC#N. The van der Waals surface area contributed by atoms with E-state index in [0.717, 1.165) is 0 Å². The normalized spacial score (nSPS) is 9.38. The number of amides is 2. The van der Waals surface area contributed by atoms with Gasteiger partial charge in [-0.1, -0.05) is 6.07 Å². The third-order valence-corrected chi connectivity index (χ3v) is 2.63. The van der Waals surface area contributed by atoms with Crippen LogP contribution in [0.5, 0.6) is 11.5 Å². The molecule has 112 valence electrons. The Kier molecular flexibility index (Phi) is 6.54. The number of rotatable bonds is 7. The molecule has 0 radical (unpaired) electrons. The maximum Gasteiger partial charge on any atom is 0.258 e. The van der Waals surface area contributed by atoms with Crippen LogP contribution in [0.1, 0.15) is 16.8 Å². The third kappa shape index (κ3) is 4.69. The number of carbonyl (C=O) groups is 2. The minimum absolute atomic E-state index is 0.200. The summed E-state index contributed by atoms with van der Waals surface area (Å²) in [5.41, 5.74) is 0.297. The first-order chi connectivity index (χ1) is 10.1. The zero-order valence-corrected chi connectivity index (χ0v) is 11.9. The average molecular weight is 291 g/mol. The molecule has 1 rings (SSSR count). The Morgan fingerprint density at radius 1 is 1.14 bits per heavy atom. The van der Waals surface area contributed by atoms with E-state index in [0.29, 0.717) is 17.1 Å². The van der Waals surface area contributed by atoms with Crippen LogP contribution in [0.15, 0.2) is 18.2 Å². The molecule has 0 saturated heterocycles. The Morgan fingerprint density at radius 2 is 1.71 bits per heavy atom. The predicted molar refractivity (Wildman–Crippen MR) is 75.1 cm³/mol. The van der Waals surface area contributed by atoms with Crippen molar-refractivity contribution in [3.05, 3.63) is 23.8 Å². The van der Waals surface area contributed by atoms with E-state index in [1.807, 2.05) is 0 Å². The minimum Gasteiger partial charge on any atom is -0.496 e. The molecule has 0 aliphatic carbocycles. The van der Waals surface area contributed by atoms with Crippen molar-refractivity contribution in [1.82, 2.24) is 10.6 Å². The zero-order chi connectivity index (χ0) is 15.7. The van der Waals surface area contributed by atoms with Gasteiger partial charge in [0.2, 0.25) is 5.91 Å². The summed E-state index contributed by atoms with van der Waals surface area (Å²) in [4.78, 5) is 23.2. The van der Waals surface area contributed by atoms with Crippen molar-refractivity contribution in [1.29, 1.82) is 5.26 Å². The Morgan fingerprint density at radius 3 is 2.24 bits per heavy atom. The molecule has 0 aliphatic heterocycles. The summed E-state index contributed by atoms with van der Waals surface area (Å²) in [5, 5.41) is 13.5. The van der Waals surface area contributed by atoms with Crippen molar-refractivity contribution < 1.29 is 19.1 Å². The standard InChI is InChI=1S/C14H17N3O4/c1-20-10-4-3-5-11(21-2)13(10)14(19)17-9-8-16-12(18)6-7-15/h3-5H,6,8-9H2,1-2H3,(H,16,18)(H,17,19). The van der Waals surface area contributed by atoms with Crippen LogP contribution in [0, 0.1) is 11.3 Å². The molecule has 0 atom stereocenters. The molecule has 0 aliphatic rings. The molecule has 21 heavy (non-hydrogen) atoms. The summed E-state index contributed by atoms with van der Waals surface area (Å²) < 4.78 is 10.3. The molecular formula is C14H17N3O4. The lowest BCUT2D eigenvalue weighted by atomic mass is 10.1. The first-order valence-electron chi connectivity index (χ1n) is 6.26. The number of nitrogens with zero attached hydrogens (tertiary/aromatic N) is 1. The molecule has 2 amide bonds. The van der Waals surface area contributed by atoms with E-state index in [-0.39, 0.29) is 31.3 Å². The molecule has 0 unspecified atom stereocenters. The summed E-state index contributed by atoms with van der Waals surface area (Å²) in [6.45, 7) is 0.473. The van der Waals surface area contributed by atoms with Gasteiger partial charge < -0.3 is 20.1 Å². The lowest BCUT2D eigenvalue weighted by molar-refractivity contribution is -0.120. The quantitative estimate of drug-likeness (QED) is 0.711. The number of hydrogen-bond donors (Lipinski definition) is 2. The third-order valence-electron chi connectivity index (χ3n) is 2.63. The Balaban J connectivity index is 2.60. The Hall–Kier alpha value is -2.75. The summed E-state index contributed by atoms with van der Waals surface area (Å²) in [5.74, 6) is 0.0705. The number of nitriles is 1. The average Bonchev–Trinajstić information content (AvgIpc) is 2.50. The van der Waals surface area contributed by atoms with Gasteiger partial charge in [0, 0.05) is 13.1 Å². The van der Waals surface area contributed by atoms with Crippen molar-refractivity contribution in [2.24, 2.45) is 0 Å². The smallest absolute Gasteiger partial charge is 0.258 e. The molecule has 1 aromatic rings. The highest BCUT2D eigenvalue weighted by molar-refractivity contribution is 5.99. The first kappa shape index (κ1) is 16.3. The second-order valence-electron chi connectivity index (χ2n) is 3.98. The van der Waals surface area contributed by atoms with Gasteiger partial charge in [-0.15, -0.1) is 0 Å². The van der Waals surface area contributed by atoms with E-state index >= 15 is 0 Å². The van der Waals surface area contributed by atoms with Crippen molar-refractivity contribution in [2.75, 3.05) is 27.3 Å². The van der Waals surface area contributed by atoms with Gasteiger partial charge in [0.05, 0.1) is 20.3 Å². The van der Waals surface area contributed by atoms with Gasteiger partial charge in [-0.3, -0.25) is 9.59 Å². The molecule has 7 nitrogen and oxygen atoms in total. The summed E-state index contributed by atoms with van der Waals surface area (Å²) in [6.07, 6.45) is -0.200.